The summed E-state index contributed by atoms with van der Waals surface area (Å²) in [4.78, 5) is 9.47. The van der Waals surface area contributed by atoms with Gasteiger partial charge in [-0.3, -0.25) is 4.99 Å². The molecule has 0 saturated heterocycles. The summed E-state index contributed by atoms with van der Waals surface area (Å²) < 4.78 is 2.05. The van der Waals surface area contributed by atoms with Gasteiger partial charge in [-0.05, 0) is 38.0 Å². The predicted molar refractivity (Wildman–Crippen MR) is 125 cm³/mol. The van der Waals surface area contributed by atoms with E-state index < -0.39 is 0 Å². The van der Waals surface area contributed by atoms with Crippen molar-refractivity contribution in [2.75, 3.05) is 19.7 Å². The second-order valence-electron chi connectivity index (χ2n) is 8.33. The molecule has 8 heteroatoms. The zero-order valence-corrected chi connectivity index (χ0v) is 20.4. The molecule has 28 heavy (non-hydrogen) atoms. The number of aromatic nitrogens is 3. The summed E-state index contributed by atoms with van der Waals surface area (Å²) >= 11 is 0. The first-order valence-electron chi connectivity index (χ1n) is 10.5. The van der Waals surface area contributed by atoms with Gasteiger partial charge in [-0.25, -0.2) is 9.67 Å². The van der Waals surface area contributed by atoms with E-state index in [1.165, 1.54) is 0 Å². The largest absolute Gasteiger partial charge is 0.396 e. The Morgan fingerprint density at radius 3 is 2.68 bits per heavy atom. The predicted octanol–water partition coefficient (Wildman–Crippen LogP) is 2.93. The highest BCUT2D eigenvalue weighted by Crippen LogP contribution is 2.18. The summed E-state index contributed by atoms with van der Waals surface area (Å²) in [5, 5.41) is 20.9. The van der Waals surface area contributed by atoms with E-state index in [0.717, 1.165) is 62.9 Å². The molecule has 0 spiro atoms. The highest BCUT2D eigenvalue weighted by atomic mass is 127. The number of aryl methyl sites for hydroxylation is 1. The monoisotopic (exact) mass is 506 g/mol. The quantitative estimate of drug-likeness (QED) is 0.273. The summed E-state index contributed by atoms with van der Waals surface area (Å²) in [7, 11) is 0. The second kappa shape index (κ2) is 12.6. The molecule has 1 aliphatic rings. The van der Waals surface area contributed by atoms with Crippen LogP contribution in [0.2, 0.25) is 0 Å². The third-order valence-electron chi connectivity index (χ3n) is 4.93. The van der Waals surface area contributed by atoms with Crippen molar-refractivity contribution in [1.82, 2.24) is 25.4 Å². The Morgan fingerprint density at radius 1 is 1.32 bits per heavy atom. The molecule has 7 nitrogen and oxygen atoms in total. The molecular weight excluding hydrogens is 467 g/mol. The van der Waals surface area contributed by atoms with Crippen LogP contribution in [0.25, 0.3) is 0 Å². The molecular formula is C20H39IN6O. The Hall–Kier alpha value is -0.900. The molecule has 0 bridgehead atoms. The summed E-state index contributed by atoms with van der Waals surface area (Å²) in [5.74, 6) is 4.30. The van der Waals surface area contributed by atoms with Crippen molar-refractivity contribution in [3.8, 4) is 0 Å². The summed E-state index contributed by atoms with van der Waals surface area (Å²) in [5.41, 5.74) is 0. The van der Waals surface area contributed by atoms with Crippen molar-refractivity contribution >= 4 is 29.9 Å². The molecule has 2 atom stereocenters. The van der Waals surface area contributed by atoms with Crippen LogP contribution >= 0.6 is 24.0 Å². The number of nitrogens with one attached hydrogen (secondary N) is 2. The molecule has 1 aromatic rings. The number of hydrogen-bond acceptors (Lipinski definition) is 4. The molecule has 1 aromatic heterocycles. The van der Waals surface area contributed by atoms with Crippen molar-refractivity contribution in [1.29, 1.82) is 0 Å². The van der Waals surface area contributed by atoms with Crippen LogP contribution in [0.5, 0.6) is 0 Å². The molecule has 162 valence electrons. The van der Waals surface area contributed by atoms with Crippen molar-refractivity contribution in [3.63, 3.8) is 0 Å². The average Bonchev–Trinajstić information content (AvgIpc) is 3.03. The molecule has 0 aliphatic carbocycles. The maximum Gasteiger partial charge on any atom is 0.191 e. The normalized spacial score (nSPS) is 18.0. The number of hydrogen-bond donors (Lipinski definition) is 3. The number of aliphatic imine (C=N–C) groups is 1. The Bertz CT molecular complexity index is 602. The van der Waals surface area contributed by atoms with Crippen LogP contribution in [0.3, 0.4) is 0 Å². The first-order chi connectivity index (χ1) is 12.9. The number of rotatable bonds is 9. The lowest BCUT2D eigenvalue weighted by Crippen LogP contribution is -2.47. The first-order valence-corrected chi connectivity index (χ1v) is 10.5. The minimum atomic E-state index is 0. The average molecular weight is 506 g/mol. The van der Waals surface area contributed by atoms with E-state index in [1.54, 1.807) is 0 Å². The summed E-state index contributed by atoms with van der Waals surface area (Å²) in [6, 6.07) is 0.304. The Labute approximate surface area is 187 Å². The van der Waals surface area contributed by atoms with Crippen LogP contribution < -0.4 is 10.6 Å². The Morgan fingerprint density at radius 2 is 2.07 bits per heavy atom. The summed E-state index contributed by atoms with van der Waals surface area (Å²) in [6.07, 6.45) is 3.88. The van der Waals surface area contributed by atoms with E-state index in [1.807, 2.05) is 4.68 Å². The van der Waals surface area contributed by atoms with E-state index in [4.69, 9.17) is 4.99 Å². The van der Waals surface area contributed by atoms with E-state index in [9.17, 15) is 5.11 Å². The fourth-order valence-corrected chi connectivity index (χ4v) is 3.56. The molecule has 1 aliphatic heterocycles. The van der Waals surface area contributed by atoms with Crippen molar-refractivity contribution < 1.29 is 5.11 Å². The molecule has 0 fully saturated rings. The van der Waals surface area contributed by atoms with Crippen LogP contribution in [0.4, 0.5) is 0 Å². The number of aliphatic hydroxyl groups excluding tert-OH is 1. The zero-order chi connectivity index (χ0) is 19.8. The lowest BCUT2D eigenvalue weighted by atomic mass is 9.94. The molecule has 0 radical (unpaired) electrons. The lowest BCUT2D eigenvalue weighted by molar-refractivity contribution is 0.245. The standard InChI is InChI=1S/C20H38N6O.HI/c1-6-21-20(22-12-16(9-10-27)11-14(2)3)23-17-7-8-18-24-19(15(4)5)25-26(18)13-17;/h14-17,27H,6-13H2,1-5H3,(H2,21,22,23);1H. The van der Waals surface area contributed by atoms with Crippen LogP contribution in [0.15, 0.2) is 4.99 Å². The Kier molecular flexibility index (Phi) is 11.3. The minimum Gasteiger partial charge on any atom is -0.396 e. The number of guanidine groups is 1. The molecule has 0 saturated carbocycles. The molecule has 0 amide bonds. The van der Waals surface area contributed by atoms with Gasteiger partial charge >= 0.3 is 0 Å². The fraction of sp³-hybridized carbons (Fsp3) is 0.850. The second-order valence-corrected chi connectivity index (χ2v) is 8.33. The van der Waals surface area contributed by atoms with Crippen molar-refractivity contribution in [3.05, 3.63) is 11.6 Å². The Balaban J connectivity index is 0.00000392. The van der Waals surface area contributed by atoms with Gasteiger partial charge in [0.2, 0.25) is 0 Å². The van der Waals surface area contributed by atoms with Gasteiger partial charge in [0.05, 0.1) is 6.54 Å². The first kappa shape index (κ1) is 25.1. The summed E-state index contributed by atoms with van der Waals surface area (Å²) in [6.45, 7) is 13.4. The van der Waals surface area contributed by atoms with Gasteiger partial charge in [0.25, 0.3) is 0 Å². The van der Waals surface area contributed by atoms with Gasteiger partial charge in [0, 0.05) is 38.1 Å². The van der Waals surface area contributed by atoms with Gasteiger partial charge in [-0.15, -0.1) is 24.0 Å². The van der Waals surface area contributed by atoms with E-state index in [2.05, 4.69) is 55.3 Å². The molecule has 2 unspecified atom stereocenters. The van der Waals surface area contributed by atoms with Crippen LogP contribution in [0, 0.1) is 11.8 Å². The van der Waals surface area contributed by atoms with Gasteiger partial charge in [-0.2, -0.15) is 5.10 Å². The van der Waals surface area contributed by atoms with E-state index in [0.29, 0.717) is 23.8 Å². The maximum absolute atomic E-state index is 9.32. The maximum atomic E-state index is 9.32. The highest BCUT2D eigenvalue weighted by Gasteiger charge is 2.23. The molecule has 2 heterocycles. The minimum absolute atomic E-state index is 0. The van der Waals surface area contributed by atoms with Crippen molar-refractivity contribution in [2.24, 2.45) is 16.8 Å². The van der Waals surface area contributed by atoms with Crippen LogP contribution in [-0.4, -0.2) is 51.6 Å². The molecule has 2 rings (SSSR count). The SMILES string of the molecule is CCNC(=NCC(CCO)CC(C)C)NC1CCc2nc(C(C)C)nn2C1.I. The number of aliphatic hydroxyl groups is 1. The smallest absolute Gasteiger partial charge is 0.191 e. The van der Waals surface area contributed by atoms with Gasteiger partial charge < -0.3 is 15.7 Å². The van der Waals surface area contributed by atoms with E-state index in [-0.39, 0.29) is 30.6 Å². The van der Waals surface area contributed by atoms with E-state index >= 15 is 0 Å². The number of fused-ring (bicyclic) bond motifs is 1. The van der Waals surface area contributed by atoms with Crippen LogP contribution in [0.1, 0.15) is 71.4 Å². The van der Waals surface area contributed by atoms with Crippen LogP contribution in [-0.2, 0) is 13.0 Å². The molecule has 0 aromatic carbocycles. The third-order valence-corrected chi connectivity index (χ3v) is 4.93. The topological polar surface area (TPSA) is 87.4 Å². The van der Waals surface area contributed by atoms with Gasteiger partial charge in [0.1, 0.15) is 5.82 Å². The van der Waals surface area contributed by atoms with Gasteiger partial charge in [-0.1, -0.05) is 27.7 Å². The fourth-order valence-electron chi connectivity index (χ4n) is 3.56. The zero-order valence-electron chi connectivity index (χ0n) is 18.1. The number of halogens is 1. The lowest BCUT2D eigenvalue weighted by Gasteiger charge is -2.26. The molecule has 3 N–H and O–H groups in total. The van der Waals surface area contributed by atoms with Crippen molar-refractivity contribution in [2.45, 2.75) is 78.8 Å². The van der Waals surface area contributed by atoms with Gasteiger partial charge in [0.15, 0.2) is 11.8 Å². The number of nitrogens with zero attached hydrogens (tertiary/aromatic N) is 4. The highest BCUT2D eigenvalue weighted by molar-refractivity contribution is 14.0. The third kappa shape index (κ3) is 7.85.